The SMILES string of the molecule is C=C[C@H]1C[C@@H](O[Si](C)(C)C(C)(C)C)C[C@@H](/C=C/c2ccc(C(F)(F)F)cc2)N1C. The lowest BCUT2D eigenvalue weighted by molar-refractivity contribution is -0.137. The van der Waals surface area contributed by atoms with Crippen LogP contribution in [0.15, 0.2) is 43.0 Å². The fourth-order valence-electron chi connectivity index (χ4n) is 3.39. The van der Waals surface area contributed by atoms with Crippen LogP contribution in [0.3, 0.4) is 0 Å². The Hall–Kier alpha value is -1.37. The standard InChI is InChI=1S/C23H34F3NOSi/c1-8-19-15-21(28-29(6,7)22(2,3)4)16-20(27(19)5)14-11-17-9-12-18(13-10-17)23(24,25)26/h8-14,19-21H,1,15-16H2,2-7H3/b14-11+/t19-,20+,21+/m0/s1. The van der Waals surface area contributed by atoms with E-state index in [2.05, 4.69) is 58.5 Å². The summed E-state index contributed by atoms with van der Waals surface area (Å²) in [6.07, 6.45) is 3.55. The van der Waals surface area contributed by atoms with Gasteiger partial charge in [0.05, 0.1) is 5.56 Å². The molecule has 0 amide bonds. The normalized spacial score (nSPS) is 24.8. The van der Waals surface area contributed by atoms with Crippen LogP contribution in [0, 0.1) is 0 Å². The molecule has 0 aliphatic carbocycles. The first-order valence-corrected chi connectivity index (χ1v) is 13.0. The van der Waals surface area contributed by atoms with Gasteiger partial charge in [0.2, 0.25) is 0 Å². The van der Waals surface area contributed by atoms with Crippen LogP contribution in [0.5, 0.6) is 0 Å². The molecule has 1 aliphatic rings. The number of piperidine rings is 1. The maximum absolute atomic E-state index is 12.7. The van der Waals surface area contributed by atoms with Gasteiger partial charge in [0, 0.05) is 18.2 Å². The van der Waals surface area contributed by atoms with Gasteiger partial charge in [0.25, 0.3) is 0 Å². The van der Waals surface area contributed by atoms with Gasteiger partial charge in [-0.2, -0.15) is 13.2 Å². The third kappa shape index (κ3) is 6.06. The van der Waals surface area contributed by atoms with Crippen molar-refractivity contribution in [2.24, 2.45) is 0 Å². The third-order valence-corrected chi connectivity index (χ3v) is 10.9. The molecular weight excluding hydrogens is 391 g/mol. The van der Waals surface area contributed by atoms with Crippen molar-refractivity contribution in [1.29, 1.82) is 0 Å². The minimum atomic E-state index is -4.31. The Labute approximate surface area is 174 Å². The molecule has 0 bridgehead atoms. The number of halogens is 3. The Morgan fingerprint density at radius 2 is 1.62 bits per heavy atom. The van der Waals surface area contributed by atoms with Crippen LogP contribution in [0.4, 0.5) is 13.2 Å². The molecule has 0 radical (unpaired) electrons. The molecule has 2 rings (SSSR count). The summed E-state index contributed by atoms with van der Waals surface area (Å²) in [5.74, 6) is 0. The highest BCUT2D eigenvalue weighted by molar-refractivity contribution is 6.74. The molecule has 1 aromatic carbocycles. The zero-order chi connectivity index (χ0) is 22.0. The first kappa shape index (κ1) is 23.9. The monoisotopic (exact) mass is 425 g/mol. The third-order valence-electron chi connectivity index (χ3n) is 6.34. The Kier molecular flexibility index (Phi) is 7.24. The van der Waals surface area contributed by atoms with E-state index in [-0.39, 0.29) is 23.2 Å². The number of likely N-dealkylation sites (tertiary alicyclic amines) is 1. The molecule has 0 spiro atoms. The number of hydrogen-bond acceptors (Lipinski definition) is 2. The van der Waals surface area contributed by atoms with Crippen LogP contribution in [0.2, 0.25) is 18.1 Å². The summed E-state index contributed by atoms with van der Waals surface area (Å²) in [7, 11) is 0.185. The molecule has 29 heavy (non-hydrogen) atoms. The minimum Gasteiger partial charge on any atom is -0.414 e. The first-order valence-electron chi connectivity index (χ1n) is 10.1. The minimum absolute atomic E-state index is 0.142. The predicted molar refractivity (Wildman–Crippen MR) is 117 cm³/mol. The van der Waals surface area contributed by atoms with Crippen LogP contribution in [-0.2, 0) is 10.6 Å². The van der Waals surface area contributed by atoms with Gasteiger partial charge < -0.3 is 4.43 Å². The maximum Gasteiger partial charge on any atom is 0.416 e. The van der Waals surface area contributed by atoms with Crippen molar-refractivity contribution in [3.8, 4) is 0 Å². The van der Waals surface area contributed by atoms with E-state index in [1.807, 2.05) is 12.2 Å². The summed E-state index contributed by atoms with van der Waals surface area (Å²) in [5, 5.41) is 0.144. The zero-order valence-corrected chi connectivity index (χ0v) is 19.4. The Morgan fingerprint density at radius 1 is 1.07 bits per heavy atom. The number of rotatable bonds is 5. The second kappa shape index (κ2) is 8.78. The van der Waals surface area contributed by atoms with Crippen molar-refractivity contribution in [1.82, 2.24) is 4.90 Å². The molecule has 162 valence electrons. The van der Waals surface area contributed by atoms with Crippen molar-refractivity contribution in [2.45, 2.75) is 76.1 Å². The van der Waals surface area contributed by atoms with Crippen LogP contribution < -0.4 is 0 Å². The molecule has 1 fully saturated rings. The first-order chi connectivity index (χ1) is 13.2. The highest BCUT2D eigenvalue weighted by Gasteiger charge is 2.41. The second-order valence-corrected chi connectivity index (χ2v) is 14.2. The van der Waals surface area contributed by atoms with Gasteiger partial charge in [-0.15, -0.1) is 6.58 Å². The summed E-state index contributed by atoms with van der Waals surface area (Å²) in [4.78, 5) is 2.26. The van der Waals surface area contributed by atoms with Crippen molar-refractivity contribution in [3.63, 3.8) is 0 Å². The molecule has 1 saturated heterocycles. The molecule has 0 unspecified atom stereocenters. The molecule has 0 N–H and O–H groups in total. The van der Waals surface area contributed by atoms with Gasteiger partial charge in [-0.1, -0.05) is 51.1 Å². The molecule has 1 aliphatic heterocycles. The summed E-state index contributed by atoms with van der Waals surface area (Å²) in [5.41, 5.74) is 0.132. The van der Waals surface area contributed by atoms with E-state index in [0.717, 1.165) is 30.5 Å². The number of benzene rings is 1. The van der Waals surface area contributed by atoms with Gasteiger partial charge in [0.15, 0.2) is 8.32 Å². The predicted octanol–water partition coefficient (Wildman–Crippen LogP) is 6.76. The summed E-state index contributed by atoms with van der Waals surface area (Å²) in [6, 6.07) is 5.62. The topological polar surface area (TPSA) is 12.5 Å². The number of likely N-dealkylation sites (N-methyl/N-ethyl adjacent to an activating group) is 1. The Morgan fingerprint density at radius 3 is 2.10 bits per heavy atom. The molecule has 3 atom stereocenters. The highest BCUT2D eigenvalue weighted by Crippen LogP contribution is 2.39. The fourth-order valence-corrected chi connectivity index (χ4v) is 4.76. The van der Waals surface area contributed by atoms with Gasteiger partial charge in [-0.05, 0) is 55.7 Å². The molecule has 0 aromatic heterocycles. The van der Waals surface area contributed by atoms with Gasteiger partial charge in [-0.3, -0.25) is 4.90 Å². The smallest absolute Gasteiger partial charge is 0.414 e. The Balaban J connectivity index is 2.15. The lowest BCUT2D eigenvalue weighted by Crippen LogP contribution is -2.52. The van der Waals surface area contributed by atoms with Gasteiger partial charge in [-0.25, -0.2) is 0 Å². The van der Waals surface area contributed by atoms with Gasteiger partial charge >= 0.3 is 6.18 Å². The van der Waals surface area contributed by atoms with E-state index in [1.165, 1.54) is 12.1 Å². The van der Waals surface area contributed by atoms with Crippen molar-refractivity contribution >= 4 is 14.4 Å². The van der Waals surface area contributed by atoms with Crippen molar-refractivity contribution in [3.05, 3.63) is 54.1 Å². The zero-order valence-electron chi connectivity index (χ0n) is 18.4. The fraction of sp³-hybridized carbons (Fsp3) is 0.565. The summed E-state index contributed by atoms with van der Waals surface area (Å²) >= 11 is 0. The molecule has 0 saturated carbocycles. The second-order valence-electron chi connectivity index (χ2n) is 9.49. The van der Waals surface area contributed by atoms with Crippen LogP contribution in [0.25, 0.3) is 6.08 Å². The summed E-state index contributed by atoms with van der Waals surface area (Å²) < 4.78 is 44.9. The van der Waals surface area contributed by atoms with E-state index in [1.54, 1.807) is 0 Å². The van der Waals surface area contributed by atoms with E-state index >= 15 is 0 Å². The lowest BCUT2D eigenvalue weighted by Gasteiger charge is -2.46. The lowest BCUT2D eigenvalue weighted by atomic mass is 9.93. The van der Waals surface area contributed by atoms with E-state index in [0.29, 0.717) is 0 Å². The number of nitrogens with zero attached hydrogens (tertiary/aromatic N) is 1. The average Bonchev–Trinajstić information content (AvgIpc) is 2.60. The average molecular weight is 426 g/mol. The van der Waals surface area contributed by atoms with Gasteiger partial charge in [0.1, 0.15) is 0 Å². The van der Waals surface area contributed by atoms with Crippen LogP contribution in [0.1, 0.15) is 44.7 Å². The molecule has 6 heteroatoms. The van der Waals surface area contributed by atoms with Crippen LogP contribution in [-0.4, -0.2) is 38.5 Å². The molecule has 1 aromatic rings. The largest absolute Gasteiger partial charge is 0.416 e. The van der Waals surface area contributed by atoms with Crippen LogP contribution >= 0.6 is 0 Å². The van der Waals surface area contributed by atoms with E-state index in [9.17, 15) is 13.2 Å². The van der Waals surface area contributed by atoms with E-state index < -0.39 is 20.1 Å². The number of hydrogen-bond donors (Lipinski definition) is 0. The van der Waals surface area contributed by atoms with E-state index in [4.69, 9.17) is 4.43 Å². The molecular formula is C23H34F3NOSi. The maximum atomic E-state index is 12.7. The summed E-state index contributed by atoms with van der Waals surface area (Å²) in [6.45, 7) is 15.2. The van der Waals surface area contributed by atoms with Crippen molar-refractivity contribution < 1.29 is 17.6 Å². The number of alkyl halides is 3. The van der Waals surface area contributed by atoms with Crippen molar-refractivity contribution in [2.75, 3.05) is 7.05 Å². The quantitative estimate of drug-likeness (QED) is 0.382. The molecule has 2 nitrogen and oxygen atoms in total. The highest BCUT2D eigenvalue weighted by atomic mass is 28.4. The molecule has 1 heterocycles. The Bertz CT molecular complexity index is 719.